The summed E-state index contributed by atoms with van der Waals surface area (Å²) in [6, 6.07) is 13.4. The Balaban J connectivity index is 1.80. The van der Waals surface area contributed by atoms with Crippen LogP contribution in [-0.4, -0.2) is 5.78 Å². The third-order valence-corrected chi connectivity index (χ3v) is 6.39. The third kappa shape index (κ3) is 9.46. The van der Waals surface area contributed by atoms with Crippen molar-refractivity contribution in [2.75, 3.05) is 11.5 Å². The van der Waals surface area contributed by atoms with Crippen molar-refractivity contribution in [3.05, 3.63) is 59.2 Å². The first-order valence-corrected chi connectivity index (χ1v) is 12.8. The second-order valence-electron chi connectivity index (χ2n) is 9.39. The van der Waals surface area contributed by atoms with Crippen molar-refractivity contribution in [3.63, 3.8) is 0 Å². The predicted octanol–water partition coefficient (Wildman–Crippen LogP) is 8.22. The maximum absolute atomic E-state index is 13.4. The fourth-order valence-electron chi connectivity index (χ4n) is 4.52. The number of hydrogen-bond donors (Lipinski definition) is 2. The zero-order chi connectivity index (χ0) is 23.2. The van der Waals surface area contributed by atoms with Gasteiger partial charge in [-0.1, -0.05) is 96.1 Å². The maximum atomic E-state index is 13.4. The maximum Gasteiger partial charge on any atom is 0.170 e. The van der Waals surface area contributed by atoms with Crippen LogP contribution < -0.4 is 11.5 Å². The molecule has 0 aliphatic rings. The molecule has 0 fully saturated rings. The van der Waals surface area contributed by atoms with Crippen molar-refractivity contribution in [2.45, 2.75) is 103 Å². The van der Waals surface area contributed by atoms with E-state index in [1.165, 1.54) is 70.6 Å². The second-order valence-corrected chi connectivity index (χ2v) is 9.39. The highest BCUT2D eigenvalue weighted by Gasteiger charge is 2.22. The van der Waals surface area contributed by atoms with Crippen molar-refractivity contribution in [1.82, 2.24) is 0 Å². The highest BCUT2D eigenvalue weighted by atomic mass is 16.1. The molecule has 3 heteroatoms. The van der Waals surface area contributed by atoms with E-state index in [2.05, 4.69) is 6.92 Å². The van der Waals surface area contributed by atoms with Gasteiger partial charge in [-0.05, 0) is 54.8 Å². The molecule has 2 aromatic carbocycles. The fourth-order valence-corrected chi connectivity index (χ4v) is 4.52. The molecule has 0 bridgehead atoms. The lowest BCUT2D eigenvalue weighted by molar-refractivity contribution is 0.0953. The van der Waals surface area contributed by atoms with Crippen LogP contribution in [-0.2, 0) is 0 Å². The number of nitrogens with two attached hydrogens (primary N) is 2. The van der Waals surface area contributed by atoms with Gasteiger partial charge in [-0.15, -0.1) is 0 Å². The van der Waals surface area contributed by atoms with Crippen LogP contribution in [0.1, 0.15) is 118 Å². The Morgan fingerprint density at radius 2 is 1.25 bits per heavy atom. The van der Waals surface area contributed by atoms with Crippen LogP contribution in [0.4, 0.5) is 11.4 Å². The van der Waals surface area contributed by atoms with Crippen molar-refractivity contribution in [3.8, 4) is 0 Å². The largest absolute Gasteiger partial charge is 0.399 e. The summed E-state index contributed by atoms with van der Waals surface area (Å²) in [7, 11) is 0. The van der Waals surface area contributed by atoms with Crippen LogP contribution in [0.25, 0.3) is 0 Å². The van der Waals surface area contributed by atoms with Gasteiger partial charge in [0.15, 0.2) is 5.78 Å². The lowest BCUT2D eigenvalue weighted by Crippen LogP contribution is -2.14. The highest BCUT2D eigenvalue weighted by molar-refractivity contribution is 6.01. The molecule has 2 rings (SSSR count). The zero-order valence-corrected chi connectivity index (χ0v) is 20.4. The Hall–Kier alpha value is -2.29. The monoisotopic (exact) mass is 436 g/mol. The highest BCUT2D eigenvalue weighted by Crippen LogP contribution is 2.29. The molecule has 3 nitrogen and oxygen atoms in total. The Labute approximate surface area is 196 Å². The van der Waals surface area contributed by atoms with Crippen LogP contribution in [0.3, 0.4) is 0 Å². The molecular formula is C29H44N2O. The van der Waals surface area contributed by atoms with E-state index >= 15 is 0 Å². The number of carbonyl (C=O) groups excluding carboxylic acids is 1. The van der Waals surface area contributed by atoms with Gasteiger partial charge in [0.25, 0.3) is 0 Å². The summed E-state index contributed by atoms with van der Waals surface area (Å²) in [5.41, 5.74) is 16.0. The number of aryl methyl sites for hydroxylation is 1. The number of ketones is 1. The van der Waals surface area contributed by atoms with E-state index in [-0.39, 0.29) is 11.7 Å². The normalized spacial score (nSPS) is 12.1. The molecule has 0 aromatic heterocycles. The average molecular weight is 437 g/mol. The van der Waals surface area contributed by atoms with E-state index in [0.29, 0.717) is 11.3 Å². The first-order valence-electron chi connectivity index (χ1n) is 12.8. The second kappa shape index (κ2) is 14.7. The first kappa shape index (κ1) is 26.0. The Bertz CT molecular complexity index is 777. The molecule has 0 radical (unpaired) electrons. The summed E-state index contributed by atoms with van der Waals surface area (Å²) in [5.74, 6) is 0.0214. The van der Waals surface area contributed by atoms with Gasteiger partial charge >= 0.3 is 0 Å². The van der Waals surface area contributed by atoms with Gasteiger partial charge in [0.2, 0.25) is 0 Å². The molecule has 0 spiro atoms. The van der Waals surface area contributed by atoms with Crippen molar-refractivity contribution >= 4 is 17.2 Å². The van der Waals surface area contributed by atoms with Gasteiger partial charge in [-0.2, -0.15) is 0 Å². The lowest BCUT2D eigenvalue weighted by Gasteiger charge is -2.17. The molecule has 1 atom stereocenters. The molecule has 0 aliphatic heterocycles. The number of Topliss-reactive ketones (excluding diaryl/α,β-unsaturated/α-hetero) is 1. The van der Waals surface area contributed by atoms with Crippen LogP contribution in [0, 0.1) is 6.92 Å². The van der Waals surface area contributed by atoms with E-state index in [9.17, 15) is 4.79 Å². The zero-order valence-electron chi connectivity index (χ0n) is 20.4. The Morgan fingerprint density at radius 3 is 1.78 bits per heavy atom. The van der Waals surface area contributed by atoms with Gasteiger partial charge < -0.3 is 11.5 Å². The predicted molar refractivity (Wildman–Crippen MR) is 139 cm³/mol. The van der Waals surface area contributed by atoms with Crippen LogP contribution in [0.2, 0.25) is 0 Å². The molecule has 32 heavy (non-hydrogen) atoms. The third-order valence-electron chi connectivity index (χ3n) is 6.39. The summed E-state index contributed by atoms with van der Waals surface area (Å²) in [6.07, 6.45) is 16.7. The number of hydrogen-bond acceptors (Lipinski definition) is 3. The van der Waals surface area contributed by atoms with E-state index in [1.807, 2.05) is 49.4 Å². The summed E-state index contributed by atoms with van der Waals surface area (Å²) < 4.78 is 0. The number of anilines is 2. The molecule has 0 aliphatic carbocycles. The van der Waals surface area contributed by atoms with Gasteiger partial charge in [0.05, 0.1) is 0 Å². The minimum atomic E-state index is -0.139. The van der Waals surface area contributed by atoms with E-state index in [0.717, 1.165) is 29.7 Å². The van der Waals surface area contributed by atoms with Gasteiger partial charge in [0, 0.05) is 22.9 Å². The molecule has 0 heterocycles. The topological polar surface area (TPSA) is 69.1 Å². The minimum Gasteiger partial charge on any atom is -0.399 e. The molecule has 1 unspecified atom stereocenters. The van der Waals surface area contributed by atoms with Crippen LogP contribution in [0.5, 0.6) is 0 Å². The number of carbonyl (C=O) groups is 1. The van der Waals surface area contributed by atoms with Crippen LogP contribution >= 0.6 is 0 Å². The van der Waals surface area contributed by atoms with Gasteiger partial charge in [-0.3, -0.25) is 4.79 Å². The van der Waals surface area contributed by atoms with Crippen LogP contribution in [0.15, 0.2) is 42.5 Å². The first-order chi connectivity index (χ1) is 15.5. The number of unbranched alkanes of at least 4 members (excludes halogenated alkanes) is 11. The minimum absolute atomic E-state index is 0.139. The molecule has 0 saturated heterocycles. The van der Waals surface area contributed by atoms with Gasteiger partial charge in [-0.25, -0.2) is 0 Å². The summed E-state index contributed by atoms with van der Waals surface area (Å²) in [5, 5.41) is 0. The average Bonchev–Trinajstić information content (AvgIpc) is 2.77. The quantitative estimate of drug-likeness (QED) is 0.158. The molecule has 4 N–H and O–H groups in total. The Kier molecular flexibility index (Phi) is 11.9. The number of rotatable bonds is 16. The van der Waals surface area contributed by atoms with E-state index in [4.69, 9.17) is 11.5 Å². The molecule has 176 valence electrons. The summed E-state index contributed by atoms with van der Waals surface area (Å²) >= 11 is 0. The number of nitrogen functional groups attached to an aromatic ring is 2. The number of benzene rings is 2. The lowest BCUT2D eigenvalue weighted by atomic mass is 9.85. The molecule has 0 saturated carbocycles. The van der Waals surface area contributed by atoms with Crippen molar-refractivity contribution in [2.24, 2.45) is 0 Å². The Morgan fingerprint density at radius 1 is 0.719 bits per heavy atom. The van der Waals surface area contributed by atoms with Crippen molar-refractivity contribution in [1.29, 1.82) is 0 Å². The summed E-state index contributed by atoms with van der Waals surface area (Å²) in [6.45, 7) is 4.25. The van der Waals surface area contributed by atoms with Crippen molar-refractivity contribution < 1.29 is 4.79 Å². The standard InChI is InChI=1S/C29H44N2O/c1-3-4-5-6-7-8-9-10-11-12-13-14-15-28(24-16-18-26(30)19-17-24)29(32)25-20-23(2)21-27(31)22-25/h16-22,28H,3-15,30-31H2,1-2H3. The van der Waals surface area contributed by atoms with Gasteiger partial charge in [0.1, 0.15) is 0 Å². The SMILES string of the molecule is CCCCCCCCCCCCCCC(C(=O)c1cc(C)cc(N)c1)c1ccc(N)cc1. The molecule has 2 aromatic rings. The molecular weight excluding hydrogens is 392 g/mol. The van der Waals surface area contributed by atoms with E-state index < -0.39 is 0 Å². The smallest absolute Gasteiger partial charge is 0.170 e. The van der Waals surface area contributed by atoms with E-state index in [1.54, 1.807) is 0 Å². The summed E-state index contributed by atoms with van der Waals surface area (Å²) in [4.78, 5) is 13.4. The molecule has 0 amide bonds. The fraction of sp³-hybridized carbons (Fsp3) is 0.552.